The summed E-state index contributed by atoms with van der Waals surface area (Å²) in [6.45, 7) is 0. The van der Waals surface area contributed by atoms with Crippen LogP contribution in [0.4, 0.5) is 8.78 Å². The number of halogens is 2. The highest BCUT2D eigenvalue weighted by Gasteiger charge is 2.24. The number of nitrogens with zero attached hydrogens (tertiary/aromatic N) is 2. The van der Waals surface area contributed by atoms with Crippen molar-refractivity contribution >= 4 is 17.7 Å². The Morgan fingerprint density at radius 3 is 2.61 bits per heavy atom. The maximum Gasteiger partial charge on any atom is 0.272 e. The summed E-state index contributed by atoms with van der Waals surface area (Å²) >= 11 is 1.62. The number of hydrogen-bond acceptors (Lipinski definition) is 4. The number of thioether (sulfide) groups is 1. The molecular formula is C20H15F2N3O2S. The van der Waals surface area contributed by atoms with E-state index in [2.05, 4.69) is 10.4 Å². The van der Waals surface area contributed by atoms with Gasteiger partial charge in [-0.3, -0.25) is 9.59 Å². The van der Waals surface area contributed by atoms with Crippen molar-refractivity contribution < 1.29 is 13.6 Å². The number of carbonyl (C=O) groups is 1. The van der Waals surface area contributed by atoms with Crippen LogP contribution in [0.25, 0.3) is 5.69 Å². The monoisotopic (exact) mass is 399 g/mol. The molecule has 2 heterocycles. The smallest absolute Gasteiger partial charge is 0.272 e. The summed E-state index contributed by atoms with van der Waals surface area (Å²) in [4.78, 5) is 25.7. The minimum Gasteiger partial charge on any atom is -0.344 e. The molecule has 1 amide bonds. The van der Waals surface area contributed by atoms with Crippen LogP contribution < -0.4 is 10.9 Å². The molecule has 3 aromatic rings. The quantitative estimate of drug-likeness (QED) is 0.733. The molecule has 1 aromatic heterocycles. The van der Waals surface area contributed by atoms with Gasteiger partial charge in [0.05, 0.1) is 11.7 Å². The highest BCUT2D eigenvalue weighted by Crippen LogP contribution is 2.36. The molecule has 5 nitrogen and oxygen atoms in total. The zero-order valence-electron chi connectivity index (χ0n) is 14.6. The topological polar surface area (TPSA) is 64.0 Å². The van der Waals surface area contributed by atoms with Gasteiger partial charge in [-0.1, -0.05) is 0 Å². The molecule has 8 heteroatoms. The van der Waals surface area contributed by atoms with Crippen molar-refractivity contribution in [2.24, 2.45) is 0 Å². The lowest BCUT2D eigenvalue weighted by Gasteiger charge is -2.25. The fourth-order valence-corrected chi connectivity index (χ4v) is 4.15. The highest BCUT2D eigenvalue weighted by atomic mass is 32.2. The van der Waals surface area contributed by atoms with Crippen LogP contribution in [0.3, 0.4) is 0 Å². The Bertz CT molecular complexity index is 1100. The predicted molar refractivity (Wildman–Crippen MR) is 102 cm³/mol. The number of hydrogen-bond donors (Lipinski definition) is 1. The molecule has 0 saturated heterocycles. The van der Waals surface area contributed by atoms with Gasteiger partial charge in [0, 0.05) is 16.7 Å². The third kappa shape index (κ3) is 3.68. The molecule has 1 aliphatic heterocycles. The maximum atomic E-state index is 13.6. The van der Waals surface area contributed by atoms with Crippen molar-refractivity contribution in [3.63, 3.8) is 0 Å². The van der Waals surface area contributed by atoms with Crippen LogP contribution in [0.5, 0.6) is 0 Å². The fraction of sp³-hybridized carbons (Fsp3) is 0.150. The van der Waals surface area contributed by atoms with Crippen LogP contribution in [-0.2, 0) is 0 Å². The van der Waals surface area contributed by atoms with E-state index in [0.29, 0.717) is 12.1 Å². The largest absolute Gasteiger partial charge is 0.344 e. The van der Waals surface area contributed by atoms with E-state index in [1.165, 1.54) is 48.5 Å². The highest BCUT2D eigenvalue weighted by molar-refractivity contribution is 7.99. The molecule has 0 bridgehead atoms. The van der Waals surface area contributed by atoms with Crippen LogP contribution in [0.1, 0.15) is 28.5 Å². The molecule has 1 aliphatic rings. The zero-order valence-corrected chi connectivity index (χ0v) is 15.4. The van der Waals surface area contributed by atoms with E-state index in [1.807, 2.05) is 0 Å². The first-order valence-corrected chi connectivity index (χ1v) is 9.59. The summed E-state index contributed by atoms with van der Waals surface area (Å²) in [7, 11) is 0. The summed E-state index contributed by atoms with van der Waals surface area (Å²) in [6.07, 6.45) is 0.657. The van der Waals surface area contributed by atoms with Crippen molar-refractivity contribution in [1.29, 1.82) is 0 Å². The first-order chi connectivity index (χ1) is 13.5. The number of aromatic nitrogens is 2. The second kappa shape index (κ2) is 7.55. The molecule has 0 radical (unpaired) electrons. The Morgan fingerprint density at radius 1 is 1.07 bits per heavy atom. The number of carbonyl (C=O) groups excluding carboxylic acids is 1. The Balaban J connectivity index is 1.62. The fourth-order valence-electron chi connectivity index (χ4n) is 3.05. The van der Waals surface area contributed by atoms with Crippen molar-refractivity contribution in [2.45, 2.75) is 17.4 Å². The van der Waals surface area contributed by atoms with Crippen LogP contribution in [0.2, 0.25) is 0 Å². The van der Waals surface area contributed by atoms with Crippen LogP contribution in [-0.4, -0.2) is 21.4 Å². The molecular weight excluding hydrogens is 384 g/mol. The molecule has 4 rings (SSSR count). The van der Waals surface area contributed by atoms with Crippen molar-refractivity contribution in [2.75, 3.05) is 5.75 Å². The average Bonchev–Trinajstić information content (AvgIpc) is 2.69. The number of amides is 1. The molecule has 1 N–H and O–H groups in total. The van der Waals surface area contributed by atoms with E-state index in [9.17, 15) is 18.4 Å². The van der Waals surface area contributed by atoms with E-state index < -0.39 is 17.3 Å². The normalized spacial score (nSPS) is 15.7. The van der Waals surface area contributed by atoms with Gasteiger partial charge in [0.25, 0.3) is 11.5 Å². The predicted octanol–water partition coefficient (Wildman–Crippen LogP) is 3.48. The first-order valence-electron chi connectivity index (χ1n) is 8.61. The molecule has 142 valence electrons. The summed E-state index contributed by atoms with van der Waals surface area (Å²) in [5.41, 5.74) is 0.684. The van der Waals surface area contributed by atoms with Crippen molar-refractivity contribution in [3.05, 3.63) is 87.8 Å². The van der Waals surface area contributed by atoms with Gasteiger partial charge in [-0.2, -0.15) is 9.78 Å². The molecule has 0 fully saturated rings. The van der Waals surface area contributed by atoms with E-state index in [-0.39, 0.29) is 17.6 Å². The van der Waals surface area contributed by atoms with Crippen molar-refractivity contribution in [3.8, 4) is 5.69 Å². The molecule has 0 saturated carbocycles. The summed E-state index contributed by atoms with van der Waals surface area (Å²) < 4.78 is 27.8. The maximum absolute atomic E-state index is 13.6. The lowest BCUT2D eigenvalue weighted by molar-refractivity contribution is 0.0928. The Morgan fingerprint density at radius 2 is 1.82 bits per heavy atom. The van der Waals surface area contributed by atoms with E-state index in [4.69, 9.17) is 0 Å². The number of rotatable bonds is 3. The second-order valence-electron chi connectivity index (χ2n) is 6.29. The minimum absolute atomic E-state index is 0.0418. The van der Waals surface area contributed by atoms with Crippen LogP contribution >= 0.6 is 11.8 Å². The van der Waals surface area contributed by atoms with Gasteiger partial charge >= 0.3 is 0 Å². The van der Waals surface area contributed by atoms with Gasteiger partial charge in [0.2, 0.25) is 0 Å². The molecule has 2 aromatic carbocycles. The minimum atomic E-state index is -0.469. The second-order valence-corrected chi connectivity index (χ2v) is 7.43. The number of fused-ring (bicyclic) bond motifs is 1. The number of nitrogens with one attached hydrogen (secondary N) is 1. The van der Waals surface area contributed by atoms with Crippen LogP contribution in [0.15, 0.2) is 64.3 Å². The average molecular weight is 399 g/mol. The van der Waals surface area contributed by atoms with Gasteiger partial charge in [-0.05, 0) is 60.5 Å². The van der Waals surface area contributed by atoms with E-state index >= 15 is 0 Å². The van der Waals surface area contributed by atoms with E-state index in [1.54, 1.807) is 17.8 Å². The number of benzene rings is 2. The lowest BCUT2D eigenvalue weighted by Crippen LogP contribution is -2.33. The SMILES string of the molecule is O=C(NC1CCSc2ccc(F)cc21)c1ccc(=O)n(-c2ccc(F)cc2)n1. The van der Waals surface area contributed by atoms with Gasteiger partial charge in [-0.25, -0.2) is 8.78 Å². The first kappa shape index (κ1) is 18.4. The summed E-state index contributed by atoms with van der Waals surface area (Å²) in [5, 5.41) is 6.97. The third-order valence-electron chi connectivity index (χ3n) is 4.42. The Labute approximate surface area is 163 Å². The van der Waals surface area contributed by atoms with Crippen LogP contribution in [0, 0.1) is 11.6 Å². The Kier molecular flexibility index (Phi) is 4.95. The molecule has 0 aliphatic carbocycles. The summed E-state index contributed by atoms with van der Waals surface area (Å²) in [6, 6.07) is 12.0. The molecule has 1 unspecified atom stereocenters. The standard InChI is InChI=1S/C20H15F2N3O2S/c21-12-1-4-14(5-2-12)25-19(26)8-6-17(24-25)20(27)23-16-9-10-28-18-7-3-13(22)11-15(16)18/h1-8,11,16H,9-10H2,(H,23,27). The van der Waals surface area contributed by atoms with Gasteiger partial charge < -0.3 is 5.32 Å². The lowest BCUT2D eigenvalue weighted by atomic mass is 10.0. The van der Waals surface area contributed by atoms with Gasteiger partial charge in [-0.15, -0.1) is 11.8 Å². The third-order valence-corrected chi connectivity index (χ3v) is 5.54. The molecule has 28 heavy (non-hydrogen) atoms. The molecule has 0 spiro atoms. The zero-order chi connectivity index (χ0) is 19.7. The van der Waals surface area contributed by atoms with Gasteiger partial charge in [0.15, 0.2) is 0 Å². The van der Waals surface area contributed by atoms with E-state index in [0.717, 1.165) is 20.9 Å². The molecule has 1 atom stereocenters. The Hall–Kier alpha value is -3.00. The van der Waals surface area contributed by atoms with Crippen molar-refractivity contribution in [1.82, 2.24) is 15.1 Å². The van der Waals surface area contributed by atoms with Gasteiger partial charge in [0.1, 0.15) is 17.3 Å². The summed E-state index contributed by atoms with van der Waals surface area (Å²) in [5.74, 6) is -0.468.